The highest BCUT2D eigenvalue weighted by Gasteiger charge is 2.31. The van der Waals surface area contributed by atoms with Gasteiger partial charge in [0.1, 0.15) is 6.04 Å². The van der Waals surface area contributed by atoms with Crippen LogP contribution < -0.4 is 5.73 Å². The molecule has 0 aliphatic carbocycles. The molecule has 7 nitrogen and oxygen atoms in total. The van der Waals surface area contributed by atoms with E-state index in [0.29, 0.717) is 13.1 Å². The van der Waals surface area contributed by atoms with Crippen molar-refractivity contribution >= 4 is 22.9 Å². The quantitative estimate of drug-likeness (QED) is 0.586. The highest BCUT2D eigenvalue weighted by Crippen LogP contribution is 2.32. The third kappa shape index (κ3) is 2.91. The number of nitrogens with zero attached hydrogens (tertiary/aromatic N) is 5. The smallest absolute Gasteiger partial charge is 0.246 e. The fourth-order valence-corrected chi connectivity index (χ4v) is 3.93. The Morgan fingerprint density at radius 3 is 2.62 bits per heavy atom. The second-order valence-corrected chi connectivity index (χ2v) is 7.23. The number of nitrogen functional groups attached to an aromatic ring is 1. The van der Waals surface area contributed by atoms with Gasteiger partial charge in [0.2, 0.25) is 11.9 Å². The average molecular weight is 384 g/mol. The van der Waals surface area contributed by atoms with E-state index in [2.05, 4.69) is 15.0 Å². The Morgan fingerprint density at radius 2 is 1.79 bits per heavy atom. The number of carbonyl (C=O) groups excluding carboxylic acids is 1. The number of para-hydroxylation sites is 2. The van der Waals surface area contributed by atoms with E-state index in [9.17, 15) is 4.79 Å². The number of aromatic nitrogens is 4. The molecule has 5 rings (SSSR count). The van der Waals surface area contributed by atoms with Gasteiger partial charge in [-0.3, -0.25) is 4.79 Å². The van der Waals surface area contributed by atoms with Crippen LogP contribution in [0.5, 0.6) is 0 Å². The van der Waals surface area contributed by atoms with Crippen molar-refractivity contribution in [2.75, 3.05) is 5.73 Å². The van der Waals surface area contributed by atoms with Crippen LogP contribution in [-0.4, -0.2) is 30.3 Å². The number of hydrogen-bond acceptors (Lipinski definition) is 5. The van der Waals surface area contributed by atoms with Gasteiger partial charge in [-0.2, -0.15) is 0 Å². The minimum absolute atomic E-state index is 0.0173. The molecule has 1 aliphatic rings. The molecule has 2 N–H and O–H groups in total. The van der Waals surface area contributed by atoms with Crippen LogP contribution in [0.25, 0.3) is 22.3 Å². The summed E-state index contributed by atoms with van der Waals surface area (Å²) in [7, 11) is 0. The van der Waals surface area contributed by atoms with Crippen molar-refractivity contribution in [2.45, 2.75) is 26.1 Å². The molecule has 1 atom stereocenters. The molecular formula is C22H20N6O. The molecule has 0 bridgehead atoms. The van der Waals surface area contributed by atoms with Gasteiger partial charge in [-0.1, -0.05) is 42.5 Å². The number of carbonyl (C=O) groups is 1. The maximum absolute atomic E-state index is 13.3. The first-order valence-electron chi connectivity index (χ1n) is 9.53. The minimum Gasteiger partial charge on any atom is -0.368 e. The van der Waals surface area contributed by atoms with Crippen LogP contribution in [0.1, 0.15) is 24.2 Å². The van der Waals surface area contributed by atoms with E-state index in [4.69, 9.17) is 5.73 Å². The zero-order valence-electron chi connectivity index (χ0n) is 16.0. The SMILES string of the molecule is C[C@@H](C(=O)N1Cc2nc(N)nc(-c3ccccc3)c2C1)n1cnc2ccccc21. The molecule has 1 aliphatic heterocycles. The van der Waals surface area contributed by atoms with Gasteiger partial charge in [-0.15, -0.1) is 0 Å². The number of amides is 1. The second-order valence-electron chi connectivity index (χ2n) is 7.23. The first-order valence-corrected chi connectivity index (χ1v) is 9.53. The Balaban J connectivity index is 1.46. The summed E-state index contributed by atoms with van der Waals surface area (Å²) < 4.78 is 1.92. The van der Waals surface area contributed by atoms with Gasteiger partial charge in [0.05, 0.1) is 41.8 Å². The molecular weight excluding hydrogens is 364 g/mol. The van der Waals surface area contributed by atoms with E-state index in [0.717, 1.165) is 33.5 Å². The predicted molar refractivity (Wildman–Crippen MR) is 111 cm³/mol. The lowest BCUT2D eigenvalue weighted by atomic mass is 10.1. The first kappa shape index (κ1) is 17.4. The Kier molecular flexibility index (Phi) is 4.01. The summed E-state index contributed by atoms with van der Waals surface area (Å²) in [5.74, 6) is 0.245. The molecule has 29 heavy (non-hydrogen) atoms. The van der Waals surface area contributed by atoms with Crippen molar-refractivity contribution in [3.63, 3.8) is 0 Å². The van der Waals surface area contributed by atoms with Crippen LogP contribution in [0.4, 0.5) is 5.95 Å². The molecule has 0 fully saturated rings. The molecule has 2 aromatic heterocycles. The van der Waals surface area contributed by atoms with Crippen molar-refractivity contribution in [3.8, 4) is 11.3 Å². The molecule has 3 heterocycles. The number of anilines is 1. The third-order valence-electron chi connectivity index (χ3n) is 5.41. The van der Waals surface area contributed by atoms with E-state index in [-0.39, 0.29) is 17.9 Å². The van der Waals surface area contributed by atoms with Crippen LogP contribution in [0.15, 0.2) is 60.9 Å². The molecule has 2 aromatic carbocycles. The lowest BCUT2D eigenvalue weighted by Crippen LogP contribution is -2.32. The summed E-state index contributed by atoms with van der Waals surface area (Å²) in [5, 5.41) is 0. The molecule has 0 unspecified atom stereocenters. The molecule has 1 amide bonds. The lowest BCUT2D eigenvalue weighted by Gasteiger charge is -2.21. The molecule has 144 valence electrons. The Bertz CT molecular complexity index is 1220. The lowest BCUT2D eigenvalue weighted by molar-refractivity contribution is -0.134. The number of nitrogens with two attached hydrogens (primary N) is 1. The van der Waals surface area contributed by atoms with Gasteiger partial charge in [-0.05, 0) is 19.1 Å². The fraction of sp³-hybridized carbons (Fsp3) is 0.182. The van der Waals surface area contributed by atoms with E-state index in [1.807, 2.05) is 71.0 Å². The van der Waals surface area contributed by atoms with Crippen LogP contribution >= 0.6 is 0 Å². The normalized spacial score (nSPS) is 14.2. The molecule has 7 heteroatoms. The van der Waals surface area contributed by atoms with Gasteiger partial charge in [0, 0.05) is 11.1 Å². The van der Waals surface area contributed by atoms with E-state index in [1.54, 1.807) is 6.33 Å². The maximum Gasteiger partial charge on any atom is 0.246 e. The van der Waals surface area contributed by atoms with Crippen LogP contribution in [-0.2, 0) is 17.9 Å². The predicted octanol–water partition coefficient (Wildman–Crippen LogP) is 3.18. The third-order valence-corrected chi connectivity index (χ3v) is 5.41. The Labute approximate surface area is 167 Å². The Hall–Kier alpha value is -3.74. The standard InChI is InChI=1S/C22H20N6O/c1-14(28-13-24-17-9-5-6-10-19(17)28)21(29)27-11-16-18(12-27)25-22(23)26-20(16)15-7-3-2-4-8-15/h2-10,13-14H,11-12H2,1H3,(H2,23,25,26)/t14-/m0/s1. The number of benzene rings is 2. The number of rotatable bonds is 3. The van der Waals surface area contributed by atoms with Gasteiger partial charge < -0.3 is 15.2 Å². The summed E-state index contributed by atoms with van der Waals surface area (Å²) in [6.45, 7) is 2.80. The van der Waals surface area contributed by atoms with Crippen molar-refractivity contribution < 1.29 is 4.79 Å². The van der Waals surface area contributed by atoms with Gasteiger partial charge in [-0.25, -0.2) is 15.0 Å². The summed E-state index contributed by atoms with van der Waals surface area (Å²) in [6.07, 6.45) is 1.73. The summed E-state index contributed by atoms with van der Waals surface area (Å²) in [4.78, 5) is 28.4. The molecule has 0 saturated carbocycles. The topological polar surface area (TPSA) is 89.9 Å². The first-order chi connectivity index (χ1) is 14.1. The van der Waals surface area contributed by atoms with Crippen molar-refractivity contribution in [1.29, 1.82) is 0 Å². The highest BCUT2D eigenvalue weighted by atomic mass is 16.2. The zero-order valence-corrected chi connectivity index (χ0v) is 16.0. The highest BCUT2D eigenvalue weighted by molar-refractivity contribution is 5.84. The molecule has 0 spiro atoms. The Morgan fingerprint density at radius 1 is 1.03 bits per heavy atom. The van der Waals surface area contributed by atoms with Crippen LogP contribution in [0.2, 0.25) is 0 Å². The second kappa shape index (κ2) is 6.70. The van der Waals surface area contributed by atoms with Crippen molar-refractivity contribution in [3.05, 3.63) is 72.2 Å². The molecule has 0 radical (unpaired) electrons. The largest absolute Gasteiger partial charge is 0.368 e. The van der Waals surface area contributed by atoms with Crippen LogP contribution in [0.3, 0.4) is 0 Å². The van der Waals surface area contributed by atoms with Gasteiger partial charge >= 0.3 is 0 Å². The molecule has 4 aromatic rings. The maximum atomic E-state index is 13.3. The summed E-state index contributed by atoms with van der Waals surface area (Å²) >= 11 is 0. The van der Waals surface area contributed by atoms with Gasteiger partial charge in [0.15, 0.2) is 0 Å². The number of imidazole rings is 1. The fourth-order valence-electron chi connectivity index (χ4n) is 3.93. The summed E-state index contributed by atoms with van der Waals surface area (Å²) in [6, 6.07) is 17.3. The van der Waals surface area contributed by atoms with Crippen LogP contribution in [0, 0.1) is 0 Å². The zero-order chi connectivity index (χ0) is 20.0. The minimum atomic E-state index is -0.373. The van der Waals surface area contributed by atoms with E-state index >= 15 is 0 Å². The van der Waals surface area contributed by atoms with E-state index < -0.39 is 0 Å². The summed E-state index contributed by atoms with van der Waals surface area (Å²) in [5.41, 5.74) is 11.3. The van der Waals surface area contributed by atoms with Gasteiger partial charge in [0.25, 0.3) is 0 Å². The van der Waals surface area contributed by atoms with E-state index in [1.165, 1.54) is 0 Å². The monoisotopic (exact) mass is 384 g/mol. The van der Waals surface area contributed by atoms with Crippen molar-refractivity contribution in [1.82, 2.24) is 24.4 Å². The number of hydrogen-bond donors (Lipinski definition) is 1. The van der Waals surface area contributed by atoms with Crippen molar-refractivity contribution in [2.24, 2.45) is 0 Å². The number of fused-ring (bicyclic) bond motifs is 2. The molecule has 0 saturated heterocycles. The average Bonchev–Trinajstić information content (AvgIpc) is 3.37.